The zero-order chi connectivity index (χ0) is 21.5. The number of carbonyl (C=O) groups excluding carboxylic acids is 3. The number of rotatable bonds is 7. The van der Waals surface area contributed by atoms with Crippen LogP contribution in [0.15, 0.2) is 70.0 Å². The molecule has 0 radical (unpaired) electrons. The van der Waals surface area contributed by atoms with Crippen LogP contribution in [0.5, 0.6) is 0 Å². The lowest BCUT2D eigenvalue weighted by Crippen LogP contribution is -2.16. The predicted octanol–water partition coefficient (Wildman–Crippen LogP) is 4.40. The molecule has 0 fully saturated rings. The highest BCUT2D eigenvalue weighted by atomic mass is 32.2. The third-order valence-corrected chi connectivity index (χ3v) is 5.14. The Labute approximate surface area is 177 Å². The van der Waals surface area contributed by atoms with E-state index in [1.807, 2.05) is 30.3 Å². The number of furan rings is 1. The number of methoxy groups -OCH3 is 2. The van der Waals surface area contributed by atoms with E-state index in [1.54, 1.807) is 23.9 Å². The van der Waals surface area contributed by atoms with E-state index < -0.39 is 17.8 Å². The molecule has 30 heavy (non-hydrogen) atoms. The largest absolute Gasteiger partial charge is 0.465 e. The summed E-state index contributed by atoms with van der Waals surface area (Å²) in [6.45, 7) is 0. The molecule has 3 aromatic rings. The fourth-order valence-corrected chi connectivity index (χ4v) is 3.43. The Balaban J connectivity index is 1.75. The van der Waals surface area contributed by atoms with E-state index in [4.69, 9.17) is 9.15 Å². The summed E-state index contributed by atoms with van der Waals surface area (Å²) in [6.07, 6.45) is 0. The molecule has 0 saturated carbocycles. The van der Waals surface area contributed by atoms with Gasteiger partial charge in [0.25, 0.3) is 5.91 Å². The maximum atomic E-state index is 12.6. The SMILES string of the molecule is COC(=O)c1ccc(C(=O)OC)c(NC(=O)c2ccc(CSc3ccccc3)o2)c1. The number of hydrogen-bond acceptors (Lipinski definition) is 7. The van der Waals surface area contributed by atoms with Gasteiger partial charge in [0, 0.05) is 4.90 Å². The van der Waals surface area contributed by atoms with Gasteiger partial charge in [-0.3, -0.25) is 4.79 Å². The van der Waals surface area contributed by atoms with Crippen molar-refractivity contribution in [2.45, 2.75) is 10.6 Å². The summed E-state index contributed by atoms with van der Waals surface area (Å²) in [6, 6.07) is 17.2. The lowest BCUT2D eigenvalue weighted by atomic mass is 10.1. The van der Waals surface area contributed by atoms with Crippen LogP contribution in [0.2, 0.25) is 0 Å². The van der Waals surface area contributed by atoms with Crippen LogP contribution >= 0.6 is 11.8 Å². The fraction of sp³-hybridized carbons (Fsp3) is 0.136. The number of nitrogens with one attached hydrogen (secondary N) is 1. The summed E-state index contributed by atoms with van der Waals surface area (Å²) in [5, 5.41) is 2.60. The van der Waals surface area contributed by atoms with Crippen LogP contribution in [0, 0.1) is 0 Å². The quantitative estimate of drug-likeness (QED) is 0.443. The van der Waals surface area contributed by atoms with Crippen LogP contribution in [0.3, 0.4) is 0 Å². The Bertz CT molecular complexity index is 1060. The smallest absolute Gasteiger partial charge is 0.339 e. The summed E-state index contributed by atoms with van der Waals surface area (Å²) in [5.41, 5.74) is 0.399. The first-order valence-electron chi connectivity index (χ1n) is 8.90. The van der Waals surface area contributed by atoms with E-state index in [0.29, 0.717) is 11.5 Å². The van der Waals surface area contributed by atoms with Crippen LogP contribution < -0.4 is 5.32 Å². The standard InChI is InChI=1S/C22H19NO6S/c1-27-21(25)14-8-10-17(22(26)28-2)18(12-14)23-20(24)19-11-9-15(29-19)13-30-16-6-4-3-5-7-16/h3-12H,13H2,1-2H3,(H,23,24). The van der Waals surface area contributed by atoms with Crippen molar-refractivity contribution in [1.82, 2.24) is 0 Å². The number of amides is 1. The minimum atomic E-state index is -0.652. The molecule has 1 aromatic heterocycles. The molecule has 0 aliphatic carbocycles. The Morgan fingerprint density at radius 3 is 2.37 bits per heavy atom. The van der Waals surface area contributed by atoms with Gasteiger partial charge in [-0.05, 0) is 42.5 Å². The Kier molecular flexibility index (Phi) is 6.92. The summed E-state index contributed by atoms with van der Waals surface area (Å²) in [4.78, 5) is 37.5. The monoisotopic (exact) mass is 425 g/mol. The zero-order valence-corrected chi connectivity index (χ0v) is 17.2. The van der Waals surface area contributed by atoms with Crippen LogP contribution in [0.25, 0.3) is 0 Å². The van der Waals surface area contributed by atoms with Gasteiger partial charge in [0.2, 0.25) is 0 Å². The first-order valence-corrected chi connectivity index (χ1v) is 9.89. The van der Waals surface area contributed by atoms with E-state index in [-0.39, 0.29) is 22.6 Å². The van der Waals surface area contributed by atoms with Crippen molar-refractivity contribution in [3.05, 3.63) is 83.3 Å². The molecule has 0 spiro atoms. The second-order valence-corrected chi connectivity index (χ2v) is 7.11. The van der Waals surface area contributed by atoms with Gasteiger partial charge in [-0.2, -0.15) is 0 Å². The highest BCUT2D eigenvalue weighted by Crippen LogP contribution is 2.25. The molecular weight excluding hydrogens is 406 g/mol. The number of esters is 2. The van der Waals surface area contributed by atoms with Crippen molar-refractivity contribution in [3.63, 3.8) is 0 Å². The lowest BCUT2D eigenvalue weighted by molar-refractivity contribution is 0.0587. The molecule has 7 nitrogen and oxygen atoms in total. The normalized spacial score (nSPS) is 10.3. The molecule has 0 saturated heterocycles. The average Bonchev–Trinajstić information content (AvgIpc) is 3.26. The Morgan fingerprint density at radius 1 is 0.933 bits per heavy atom. The van der Waals surface area contributed by atoms with Crippen molar-refractivity contribution in [3.8, 4) is 0 Å². The maximum absolute atomic E-state index is 12.6. The predicted molar refractivity (Wildman–Crippen MR) is 112 cm³/mol. The van der Waals surface area contributed by atoms with Crippen LogP contribution in [0.1, 0.15) is 37.0 Å². The van der Waals surface area contributed by atoms with Crippen molar-refractivity contribution in [2.24, 2.45) is 0 Å². The summed E-state index contributed by atoms with van der Waals surface area (Å²) >= 11 is 1.58. The maximum Gasteiger partial charge on any atom is 0.339 e. The van der Waals surface area contributed by atoms with E-state index in [2.05, 4.69) is 10.1 Å². The van der Waals surface area contributed by atoms with E-state index in [1.165, 1.54) is 32.4 Å². The second kappa shape index (κ2) is 9.80. The van der Waals surface area contributed by atoms with Gasteiger partial charge in [0.1, 0.15) is 5.76 Å². The van der Waals surface area contributed by atoms with Crippen LogP contribution in [-0.2, 0) is 15.2 Å². The first-order chi connectivity index (χ1) is 14.5. The molecule has 1 N–H and O–H groups in total. The lowest BCUT2D eigenvalue weighted by Gasteiger charge is -2.10. The van der Waals surface area contributed by atoms with Crippen LogP contribution in [-0.4, -0.2) is 32.1 Å². The number of hydrogen-bond donors (Lipinski definition) is 1. The first kappa shape index (κ1) is 21.2. The van der Waals surface area contributed by atoms with E-state index >= 15 is 0 Å². The topological polar surface area (TPSA) is 94.8 Å². The minimum Gasteiger partial charge on any atom is -0.465 e. The van der Waals surface area contributed by atoms with Gasteiger partial charge in [-0.15, -0.1) is 11.8 Å². The van der Waals surface area contributed by atoms with Gasteiger partial charge in [0.05, 0.1) is 36.8 Å². The van der Waals surface area contributed by atoms with Gasteiger partial charge in [0.15, 0.2) is 5.76 Å². The summed E-state index contributed by atoms with van der Waals surface area (Å²) in [5.74, 6) is -0.537. The third-order valence-electron chi connectivity index (χ3n) is 4.10. The third kappa shape index (κ3) is 5.09. The van der Waals surface area contributed by atoms with E-state index in [0.717, 1.165) is 4.90 Å². The second-order valence-electron chi connectivity index (χ2n) is 6.07. The van der Waals surface area contributed by atoms with Gasteiger partial charge in [-0.25, -0.2) is 9.59 Å². The van der Waals surface area contributed by atoms with Gasteiger partial charge in [-0.1, -0.05) is 18.2 Å². The number of carbonyl (C=O) groups is 3. The number of ether oxygens (including phenoxy) is 2. The molecule has 1 heterocycles. The molecule has 0 aliphatic heterocycles. The zero-order valence-electron chi connectivity index (χ0n) is 16.3. The molecule has 1 amide bonds. The molecule has 0 aliphatic rings. The van der Waals surface area contributed by atoms with E-state index in [9.17, 15) is 14.4 Å². The number of anilines is 1. The molecule has 8 heteroatoms. The van der Waals surface area contributed by atoms with Crippen molar-refractivity contribution < 1.29 is 28.3 Å². The molecular formula is C22H19NO6S. The fourth-order valence-electron chi connectivity index (χ4n) is 2.61. The number of thioether (sulfide) groups is 1. The summed E-state index contributed by atoms with van der Waals surface area (Å²) < 4.78 is 15.0. The molecule has 2 aromatic carbocycles. The Morgan fingerprint density at radius 2 is 1.67 bits per heavy atom. The van der Waals surface area contributed by atoms with Crippen LogP contribution in [0.4, 0.5) is 5.69 Å². The molecule has 0 bridgehead atoms. The molecule has 0 unspecified atom stereocenters. The van der Waals surface area contributed by atoms with Gasteiger partial charge < -0.3 is 19.2 Å². The van der Waals surface area contributed by atoms with Crippen molar-refractivity contribution in [2.75, 3.05) is 19.5 Å². The highest BCUT2D eigenvalue weighted by molar-refractivity contribution is 7.98. The minimum absolute atomic E-state index is 0.0814. The Hall–Kier alpha value is -3.52. The molecule has 154 valence electrons. The molecule has 0 atom stereocenters. The summed E-state index contributed by atoms with van der Waals surface area (Å²) in [7, 11) is 2.47. The average molecular weight is 425 g/mol. The van der Waals surface area contributed by atoms with Crippen molar-refractivity contribution in [1.29, 1.82) is 0 Å². The van der Waals surface area contributed by atoms with Crippen molar-refractivity contribution >= 4 is 35.3 Å². The van der Waals surface area contributed by atoms with Gasteiger partial charge >= 0.3 is 11.9 Å². The molecule has 3 rings (SSSR count). The highest BCUT2D eigenvalue weighted by Gasteiger charge is 2.19. The number of benzene rings is 2.